The van der Waals surface area contributed by atoms with E-state index in [0.29, 0.717) is 59.9 Å². The number of carbonyl (C=O) groups is 2. The molecule has 0 aliphatic carbocycles. The number of hydrogen-bond acceptors (Lipinski definition) is 8. The number of benzene rings is 3. The van der Waals surface area contributed by atoms with Crippen molar-refractivity contribution in [3.8, 4) is 5.75 Å². The maximum atomic E-state index is 13.7. The van der Waals surface area contributed by atoms with Gasteiger partial charge in [-0.15, -0.1) is 11.3 Å². The van der Waals surface area contributed by atoms with Crippen molar-refractivity contribution in [2.75, 3.05) is 48.8 Å². The van der Waals surface area contributed by atoms with E-state index >= 15 is 0 Å². The quantitative estimate of drug-likeness (QED) is 0.182. The van der Waals surface area contributed by atoms with Crippen LogP contribution in [0.2, 0.25) is 5.02 Å². The zero-order valence-electron chi connectivity index (χ0n) is 25.7. The Bertz CT molecular complexity index is 2000. The van der Waals surface area contributed by atoms with Crippen LogP contribution in [0.15, 0.2) is 67.0 Å². The second-order valence-corrected chi connectivity index (χ2v) is 13.1. The number of aromatic nitrogens is 2. The fraction of sp³-hybridized carbons (Fsp3) is 0.235. The number of nitrogens with one attached hydrogen (secondary N) is 2. The molecule has 0 atom stereocenters. The molecule has 2 N–H and O–H groups in total. The highest BCUT2D eigenvalue weighted by Crippen LogP contribution is 2.46. The Morgan fingerprint density at radius 3 is 2.62 bits per heavy atom. The van der Waals surface area contributed by atoms with Gasteiger partial charge in [0.2, 0.25) is 0 Å². The molecule has 47 heavy (non-hydrogen) atoms. The summed E-state index contributed by atoms with van der Waals surface area (Å²) in [5.74, 6) is -0.0711. The number of carbonyl (C=O) groups excluding carboxylic acids is 2. The Morgan fingerprint density at radius 2 is 1.85 bits per heavy atom. The van der Waals surface area contributed by atoms with Gasteiger partial charge in [-0.2, -0.15) is 0 Å². The Hall–Kier alpha value is -4.62. The molecule has 0 bridgehead atoms. The molecule has 1 saturated heterocycles. The van der Waals surface area contributed by atoms with Crippen LogP contribution in [-0.2, 0) is 13.2 Å². The number of halogens is 2. The van der Waals surface area contributed by atoms with Crippen LogP contribution in [0.4, 0.5) is 32.1 Å². The van der Waals surface area contributed by atoms with Crippen molar-refractivity contribution in [3.63, 3.8) is 0 Å². The van der Waals surface area contributed by atoms with Crippen LogP contribution in [0, 0.1) is 12.7 Å². The molecule has 240 valence electrons. The molecule has 2 aromatic heterocycles. The molecule has 7 rings (SSSR count). The summed E-state index contributed by atoms with van der Waals surface area (Å²) in [7, 11) is 2.14. The number of anilines is 4. The Morgan fingerprint density at radius 1 is 1.06 bits per heavy atom. The first kappa shape index (κ1) is 31.0. The highest BCUT2D eigenvalue weighted by atomic mass is 35.5. The third-order valence-corrected chi connectivity index (χ3v) is 9.70. The van der Waals surface area contributed by atoms with Gasteiger partial charge in [-0.3, -0.25) is 9.69 Å². The van der Waals surface area contributed by atoms with Crippen LogP contribution in [0.5, 0.6) is 5.75 Å². The summed E-state index contributed by atoms with van der Waals surface area (Å²) in [6, 6.07) is 16.8. The fourth-order valence-electron chi connectivity index (χ4n) is 5.78. The summed E-state index contributed by atoms with van der Waals surface area (Å²) >= 11 is 7.69. The lowest BCUT2D eigenvalue weighted by Crippen LogP contribution is -2.43. The summed E-state index contributed by atoms with van der Waals surface area (Å²) < 4.78 is 19.6. The van der Waals surface area contributed by atoms with Crippen molar-refractivity contribution < 1.29 is 18.7 Å². The lowest BCUT2D eigenvalue weighted by molar-refractivity contribution is 0.103. The maximum Gasteiger partial charge on any atom is 0.332 e. The van der Waals surface area contributed by atoms with Gasteiger partial charge in [0.25, 0.3) is 5.91 Å². The van der Waals surface area contributed by atoms with E-state index in [1.165, 1.54) is 40.3 Å². The van der Waals surface area contributed by atoms with E-state index in [4.69, 9.17) is 16.3 Å². The highest BCUT2D eigenvalue weighted by Gasteiger charge is 2.35. The Balaban J connectivity index is 1.13. The van der Waals surface area contributed by atoms with Crippen molar-refractivity contribution in [2.24, 2.45) is 0 Å². The number of rotatable bonds is 8. The van der Waals surface area contributed by atoms with E-state index in [0.717, 1.165) is 32.7 Å². The lowest BCUT2D eigenvalue weighted by Gasteiger charge is -2.32. The SMILES string of the molecule is Cc1cc(Cl)c(OCc2cccc(F)c2)cc1N1C(=O)Nc2c(C(=O)Nc3ccc(CN4CCN(C)CC4)cc3)sc3ncnc1c23. The smallest absolute Gasteiger partial charge is 0.332 e. The summed E-state index contributed by atoms with van der Waals surface area (Å²) in [4.78, 5) is 43.2. The minimum Gasteiger partial charge on any atom is -0.487 e. The van der Waals surface area contributed by atoms with Gasteiger partial charge in [0.05, 0.1) is 21.8 Å². The third-order valence-electron chi connectivity index (χ3n) is 8.31. The number of amides is 3. The van der Waals surface area contributed by atoms with E-state index in [1.807, 2.05) is 31.2 Å². The molecule has 2 aliphatic heterocycles. The number of thiophene rings is 1. The van der Waals surface area contributed by atoms with Crippen molar-refractivity contribution in [3.05, 3.63) is 99.4 Å². The molecule has 0 radical (unpaired) electrons. The van der Waals surface area contributed by atoms with E-state index < -0.39 is 6.03 Å². The van der Waals surface area contributed by atoms with Crippen molar-refractivity contribution in [2.45, 2.75) is 20.1 Å². The van der Waals surface area contributed by atoms with E-state index in [2.05, 4.69) is 37.4 Å². The van der Waals surface area contributed by atoms with Crippen LogP contribution in [0.25, 0.3) is 10.2 Å². The van der Waals surface area contributed by atoms with E-state index in [1.54, 1.807) is 24.3 Å². The van der Waals surface area contributed by atoms with Crippen molar-refractivity contribution >= 4 is 68.0 Å². The normalized spacial score (nSPS) is 15.1. The van der Waals surface area contributed by atoms with E-state index in [9.17, 15) is 14.0 Å². The topological polar surface area (TPSA) is 103 Å². The van der Waals surface area contributed by atoms with Gasteiger partial charge in [0.1, 0.15) is 34.2 Å². The Kier molecular flexibility index (Phi) is 8.50. The van der Waals surface area contributed by atoms with Crippen LogP contribution in [-0.4, -0.2) is 64.9 Å². The zero-order chi connectivity index (χ0) is 32.7. The maximum absolute atomic E-state index is 13.7. The van der Waals surface area contributed by atoms with Crippen molar-refractivity contribution in [1.82, 2.24) is 19.8 Å². The Labute approximate surface area is 279 Å². The first-order chi connectivity index (χ1) is 22.7. The van der Waals surface area contributed by atoms with Crippen LogP contribution < -0.4 is 20.3 Å². The molecule has 5 aromatic rings. The van der Waals surface area contributed by atoms with E-state index in [-0.39, 0.29) is 18.3 Å². The lowest BCUT2D eigenvalue weighted by atomic mass is 10.1. The molecule has 2 aliphatic rings. The van der Waals surface area contributed by atoms with Crippen LogP contribution in [0.1, 0.15) is 26.4 Å². The molecule has 4 heterocycles. The predicted molar refractivity (Wildman–Crippen MR) is 183 cm³/mol. The molecule has 3 aromatic carbocycles. The number of piperazine rings is 1. The zero-order valence-corrected chi connectivity index (χ0v) is 27.3. The second-order valence-electron chi connectivity index (χ2n) is 11.7. The molecule has 0 spiro atoms. The number of likely N-dealkylation sites (N-methyl/N-ethyl adjacent to an activating group) is 1. The highest BCUT2D eigenvalue weighted by molar-refractivity contribution is 7.21. The molecule has 1 fully saturated rings. The van der Waals surface area contributed by atoms with Gasteiger partial charge in [0, 0.05) is 44.5 Å². The van der Waals surface area contributed by atoms with Gasteiger partial charge in [0.15, 0.2) is 5.82 Å². The number of nitrogens with zero attached hydrogens (tertiary/aromatic N) is 5. The summed E-state index contributed by atoms with van der Waals surface area (Å²) in [5.41, 5.74) is 4.01. The van der Waals surface area contributed by atoms with Gasteiger partial charge in [-0.25, -0.2) is 24.1 Å². The van der Waals surface area contributed by atoms with Gasteiger partial charge < -0.3 is 20.3 Å². The first-order valence-electron chi connectivity index (χ1n) is 15.1. The van der Waals surface area contributed by atoms with Gasteiger partial charge in [-0.05, 0) is 61.0 Å². The standard InChI is InChI=1S/C34H31ClFN7O3S/c1-20-14-25(35)27(46-18-22-4-3-5-23(36)15-22)16-26(20)43-31-28-29(40-34(43)45)30(47-33(28)38-19-37-31)32(44)39-24-8-6-21(7-9-24)17-42-12-10-41(2)11-13-42/h3-9,14-16,19H,10-13,17-18H2,1-2H3,(H,39,44)(H,40,45). The molecule has 3 amide bonds. The molecule has 0 unspecified atom stereocenters. The number of urea groups is 1. The molecule has 10 nitrogen and oxygen atoms in total. The molecular formula is C34H31ClFN7O3S. The summed E-state index contributed by atoms with van der Waals surface area (Å²) in [6.45, 7) is 6.93. The number of aryl methyl sites for hydroxylation is 1. The third kappa shape index (κ3) is 6.37. The summed E-state index contributed by atoms with van der Waals surface area (Å²) in [5, 5.41) is 6.77. The fourth-order valence-corrected chi connectivity index (χ4v) is 7.04. The average Bonchev–Trinajstić information content (AvgIpc) is 3.43. The second kappa shape index (κ2) is 12.9. The van der Waals surface area contributed by atoms with Gasteiger partial charge in [-0.1, -0.05) is 35.9 Å². The number of ether oxygens (including phenoxy) is 1. The molecular weight excluding hydrogens is 641 g/mol. The number of hydrogen-bond donors (Lipinski definition) is 2. The first-order valence-corrected chi connectivity index (χ1v) is 16.3. The van der Waals surface area contributed by atoms with Crippen LogP contribution in [0.3, 0.4) is 0 Å². The summed E-state index contributed by atoms with van der Waals surface area (Å²) in [6.07, 6.45) is 1.37. The minimum atomic E-state index is -0.500. The van der Waals surface area contributed by atoms with Gasteiger partial charge >= 0.3 is 6.03 Å². The average molecular weight is 672 g/mol. The van der Waals surface area contributed by atoms with Crippen molar-refractivity contribution in [1.29, 1.82) is 0 Å². The van der Waals surface area contributed by atoms with Crippen LogP contribution >= 0.6 is 22.9 Å². The largest absolute Gasteiger partial charge is 0.487 e. The minimum absolute atomic E-state index is 0.0794. The molecule has 13 heteroatoms. The molecule has 0 saturated carbocycles. The monoisotopic (exact) mass is 671 g/mol. The predicted octanol–water partition coefficient (Wildman–Crippen LogP) is 7.05.